The van der Waals surface area contributed by atoms with Gasteiger partial charge in [-0.15, -0.1) is 23.1 Å². The molecule has 0 aliphatic heterocycles. The summed E-state index contributed by atoms with van der Waals surface area (Å²) in [5.74, 6) is 0.542. The lowest BCUT2D eigenvalue weighted by Crippen LogP contribution is -2.36. The molecule has 0 aliphatic rings. The van der Waals surface area contributed by atoms with Gasteiger partial charge in [0.25, 0.3) is 5.91 Å². The maximum absolute atomic E-state index is 12.4. The summed E-state index contributed by atoms with van der Waals surface area (Å²) in [6.07, 6.45) is 0. The van der Waals surface area contributed by atoms with Crippen molar-refractivity contribution in [2.45, 2.75) is 24.5 Å². The molecule has 0 bridgehead atoms. The lowest BCUT2D eigenvalue weighted by Gasteiger charge is -2.11. The van der Waals surface area contributed by atoms with Crippen molar-refractivity contribution in [1.82, 2.24) is 15.6 Å². The van der Waals surface area contributed by atoms with Gasteiger partial charge in [-0.05, 0) is 12.1 Å². The van der Waals surface area contributed by atoms with E-state index in [0.29, 0.717) is 18.7 Å². The molecule has 24 heavy (non-hydrogen) atoms. The molecule has 0 saturated heterocycles. The van der Waals surface area contributed by atoms with Gasteiger partial charge in [0.1, 0.15) is 0 Å². The highest BCUT2D eigenvalue weighted by molar-refractivity contribution is 7.98. The van der Waals surface area contributed by atoms with E-state index in [2.05, 4.69) is 15.6 Å². The molecule has 1 aromatic heterocycles. The summed E-state index contributed by atoms with van der Waals surface area (Å²) in [5, 5.41) is 7.63. The van der Waals surface area contributed by atoms with Gasteiger partial charge in [-0.2, -0.15) is 0 Å². The maximum atomic E-state index is 12.4. The average Bonchev–Trinajstić information content (AvgIpc) is 3.10. The molecule has 0 aliphatic carbocycles. The largest absolute Gasteiger partial charge is 0.354 e. The Balaban J connectivity index is 1.86. The first-order chi connectivity index (χ1) is 11.6. The van der Waals surface area contributed by atoms with Crippen molar-refractivity contribution in [2.24, 2.45) is 5.92 Å². The SMILES string of the molecule is CC(C)C(=O)NCCNC(=O)c1ccccc1SCc1cscn1. The zero-order valence-electron chi connectivity index (χ0n) is 13.7. The van der Waals surface area contributed by atoms with E-state index in [9.17, 15) is 9.59 Å². The number of thiazole rings is 1. The first kappa shape index (κ1) is 18.5. The summed E-state index contributed by atoms with van der Waals surface area (Å²) in [6, 6.07) is 7.52. The predicted octanol–water partition coefficient (Wildman–Crippen LogP) is 2.94. The Morgan fingerprint density at radius 2 is 1.96 bits per heavy atom. The molecule has 0 fully saturated rings. The second-order valence-electron chi connectivity index (χ2n) is 5.47. The summed E-state index contributed by atoms with van der Waals surface area (Å²) in [5.41, 5.74) is 3.46. The second kappa shape index (κ2) is 9.44. The highest BCUT2D eigenvalue weighted by atomic mass is 32.2. The number of thioether (sulfide) groups is 1. The number of nitrogens with zero attached hydrogens (tertiary/aromatic N) is 1. The van der Waals surface area contributed by atoms with Gasteiger partial charge in [0.2, 0.25) is 5.91 Å². The third kappa shape index (κ3) is 5.65. The van der Waals surface area contributed by atoms with Crippen LogP contribution < -0.4 is 10.6 Å². The number of amides is 2. The lowest BCUT2D eigenvalue weighted by molar-refractivity contribution is -0.123. The Labute approximate surface area is 150 Å². The van der Waals surface area contributed by atoms with Crippen LogP contribution >= 0.6 is 23.1 Å². The average molecular weight is 364 g/mol. The van der Waals surface area contributed by atoms with Crippen LogP contribution in [0.2, 0.25) is 0 Å². The standard InChI is InChI=1S/C17H21N3O2S2/c1-12(2)16(21)18-7-8-19-17(22)14-5-3-4-6-15(14)24-10-13-9-23-11-20-13/h3-6,9,11-12H,7-8,10H2,1-2H3,(H,18,21)(H,19,22). The van der Waals surface area contributed by atoms with Crippen molar-refractivity contribution in [2.75, 3.05) is 13.1 Å². The van der Waals surface area contributed by atoms with Crippen LogP contribution in [0.1, 0.15) is 29.9 Å². The summed E-state index contributed by atoms with van der Waals surface area (Å²) in [4.78, 5) is 29.0. The number of hydrogen-bond acceptors (Lipinski definition) is 5. The van der Waals surface area contributed by atoms with Crippen molar-refractivity contribution < 1.29 is 9.59 Å². The normalized spacial score (nSPS) is 10.6. The van der Waals surface area contributed by atoms with Crippen molar-refractivity contribution in [3.05, 3.63) is 46.4 Å². The van der Waals surface area contributed by atoms with Crippen molar-refractivity contribution in [3.63, 3.8) is 0 Å². The second-order valence-corrected chi connectivity index (χ2v) is 7.20. The van der Waals surface area contributed by atoms with E-state index in [-0.39, 0.29) is 17.7 Å². The van der Waals surface area contributed by atoms with E-state index in [1.54, 1.807) is 28.6 Å². The fourth-order valence-corrected chi connectivity index (χ4v) is 3.52. The van der Waals surface area contributed by atoms with Crippen LogP contribution in [0.25, 0.3) is 0 Å². The van der Waals surface area contributed by atoms with E-state index in [0.717, 1.165) is 16.3 Å². The van der Waals surface area contributed by atoms with E-state index in [1.807, 2.05) is 43.5 Å². The quantitative estimate of drug-likeness (QED) is 0.559. The van der Waals surface area contributed by atoms with Gasteiger partial charge in [-0.3, -0.25) is 9.59 Å². The predicted molar refractivity (Wildman–Crippen MR) is 98.3 cm³/mol. The van der Waals surface area contributed by atoms with E-state index >= 15 is 0 Å². The van der Waals surface area contributed by atoms with E-state index in [1.165, 1.54) is 0 Å². The molecule has 2 amide bonds. The molecule has 128 valence electrons. The van der Waals surface area contributed by atoms with Gasteiger partial charge in [0.05, 0.1) is 16.8 Å². The molecule has 1 heterocycles. The molecular formula is C17H21N3O2S2. The Kier molecular flexibility index (Phi) is 7.27. The molecule has 7 heteroatoms. The van der Waals surface area contributed by atoms with Gasteiger partial charge in [-0.25, -0.2) is 4.98 Å². The Hall–Kier alpha value is -1.86. The number of carbonyl (C=O) groups excluding carboxylic acids is 2. The zero-order valence-corrected chi connectivity index (χ0v) is 15.4. The van der Waals surface area contributed by atoms with E-state index < -0.39 is 0 Å². The number of hydrogen-bond donors (Lipinski definition) is 2. The number of rotatable bonds is 8. The minimum Gasteiger partial charge on any atom is -0.354 e. The van der Waals surface area contributed by atoms with Crippen LogP contribution in [0.15, 0.2) is 40.1 Å². The van der Waals surface area contributed by atoms with Crippen LogP contribution in [0, 0.1) is 5.92 Å². The van der Waals surface area contributed by atoms with Gasteiger partial charge < -0.3 is 10.6 Å². The molecule has 2 N–H and O–H groups in total. The monoisotopic (exact) mass is 363 g/mol. The molecule has 0 atom stereocenters. The summed E-state index contributed by atoms with van der Waals surface area (Å²) in [7, 11) is 0. The molecule has 5 nitrogen and oxygen atoms in total. The fourth-order valence-electron chi connectivity index (χ4n) is 1.90. The van der Waals surface area contributed by atoms with Crippen molar-refractivity contribution in [3.8, 4) is 0 Å². The Bertz CT molecular complexity index is 672. The highest BCUT2D eigenvalue weighted by Crippen LogP contribution is 2.26. The van der Waals surface area contributed by atoms with Crippen LogP contribution in [0.4, 0.5) is 0 Å². The molecular weight excluding hydrogens is 342 g/mol. The molecule has 0 unspecified atom stereocenters. The lowest BCUT2D eigenvalue weighted by atomic mass is 10.2. The number of nitrogens with one attached hydrogen (secondary N) is 2. The smallest absolute Gasteiger partial charge is 0.252 e. The minimum absolute atomic E-state index is 0.0107. The Morgan fingerprint density at radius 1 is 1.21 bits per heavy atom. The summed E-state index contributed by atoms with van der Waals surface area (Å²) in [6.45, 7) is 4.51. The molecule has 0 saturated carbocycles. The topological polar surface area (TPSA) is 71.1 Å². The molecule has 0 spiro atoms. The van der Waals surface area contributed by atoms with Gasteiger partial charge in [0, 0.05) is 35.0 Å². The zero-order chi connectivity index (χ0) is 17.4. The van der Waals surface area contributed by atoms with Gasteiger partial charge in [-0.1, -0.05) is 26.0 Å². The van der Waals surface area contributed by atoms with Gasteiger partial charge in [0.15, 0.2) is 0 Å². The summed E-state index contributed by atoms with van der Waals surface area (Å²) >= 11 is 3.16. The first-order valence-corrected chi connectivity index (χ1v) is 9.65. The number of benzene rings is 1. The van der Waals surface area contributed by atoms with Crippen molar-refractivity contribution >= 4 is 34.9 Å². The first-order valence-electron chi connectivity index (χ1n) is 7.72. The molecule has 2 rings (SSSR count). The maximum Gasteiger partial charge on any atom is 0.252 e. The molecule has 1 aromatic carbocycles. The fraction of sp³-hybridized carbons (Fsp3) is 0.353. The van der Waals surface area contributed by atoms with Gasteiger partial charge >= 0.3 is 0 Å². The third-order valence-electron chi connectivity index (χ3n) is 3.22. The highest BCUT2D eigenvalue weighted by Gasteiger charge is 2.12. The number of aromatic nitrogens is 1. The van der Waals surface area contributed by atoms with Crippen molar-refractivity contribution in [1.29, 1.82) is 0 Å². The minimum atomic E-state index is -0.129. The number of carbonyl (C=O) groups is 2. The van der Waals surface area contributed by atoms with Crippen LogP contribution in [-0.4, -0.2) is 29.9 Å². The molecule has 0 radical (unpaired) electrons. The molecule has 2 aromatic rings. The van der Waals surface area contributed by atoms with Crippen LogP contribution in [-0.2, 0) is 10.5 Å². The summed E-state index contributed by atoms with van der Waals surface area (Å²) < 4.78 is 0. The van der Waals surface area contributed by atoms with Crippen LogP contribution in [0.5, 0.6) is 0 Å². The Morgan fingerprint density at radius 3 is 2.67 bits per heavy atom. The third-order valence-corrected chi connectivity index (χ3v) is 4.97. The van der Waals surface area contributed by atoms with E-state index in [4.69, 9.17) is 0 Å². The van der Waals surface area contributed by atoms with Crippen LogP contribution in [0.3, 0.4) is 0 Å².